The molecule has 0 unspecified atom stereocenters. The number of aromatic nitrogens is 3. The van der Waals surface area contributed by atoms with Crippen LogP contribution in [0, 0.1) is 0 Å². The lowest BCUT2D eigenvalue weighted by Gasteiger charge is -2.13. The Labute approximate surface area is 156 Å². The summed E-state index contributed by atoms with van der Waals surface area (Å²) in [6, 6.07) is 3.64. The highest BCUT2D eigenvalue weighted by Crippen LogP contribution is 2.40. The number of benzene rings is 1. The van der Waals surface area contributed by atoms with Crippen LogP contribution in [0.4, 0.5) is 0 Å². The molecule has 0 bridgehead atoms. The highest BCUT2D eigenvalue weighted by atomic mass is 16.5. The van der Waals surface area contributed by atoms with Crippen LogP contribution < -0.4 is 25.1 Å². The summed E-state index contributed by atoms with van der Waals surface area (Å²) in [6.07, 6.45) is 2.49. The number of rotatable bonds is 8. The number of ether oxygens (including phenoxy) is 3. The van der Waals surface area contributed by atoms with Crippen molar-refractivity contribution in [1.29, 1.82) is 0 Å². The SMILES string of the molecule is COc1cc(-c2nnc(CCC(=O)NC3CC3)c(=O)[nH]2)cc(OC)c1OC. The maximum atomic E-state index is 12.3. The molecule has 2 N–H and O–H groups in total. The van der Waals surface area contributed by atoms with E-state index in [1.54, 1.807) is 12.1 Å². The van der Waals surface area contributed by atoms with Gasteiger partial charge in [-0.15, -0.1) is 10.2 Å². The molecule has 0 saturated heterocycles. The van der Waals surface area contributed by atoms with Gasteiger partial charge in [-0.05, 0) is 25.0 Å². The van der Waals surface area contributed by atoms with Crippen LogP contribution in [0.3, 0.4) is 0 Å². The van der Waals surface area contributed by atoms with E-state index in [0.717, 1.165) is 12.8 Å². The van der Waals surface area contributed by atoms with Crippen LogP contribution in [0.15, 0.2) is 16.9 Å². The zero-order valence-corrected chi connectivity index (χ0v) is 15.5. The summed E-state index contributed by atoms with van der Waals surface area (Å²) in [6.45, 7) is 0. The quantitative estimate of drug-likeness (QED) is 0.710. The molecular weight excluding hydrogens is 352 g/mol. The first-order valence-corrected chi connectivity index (χ1v) is 8.61. The normalized spacial score (nSPS) is 13.1. The molecule has 0 radical (unpaired) electrons. The second kappa shape index (κ2) is 8.07. The van der Waals surface area contributed by atoms with Gasteiger partial charge in [0.2, 0.25) is 11.7 Å². The number of nitrogens with one attached hydrogen (secondary N) is 2. The molecule has 1 amide bonds. The number of carbonyl (C=O) groups excluding carboxylic acids is 1. The largest absolute Gasteiger partial charge is 0.493 e. The van der Waals surface area contributed by atoms with Crippen LogP contribution in [0.5, 0.6) is 17.2 Å². The summed E-state index contributed by atoms with van der Waals surface area (Å²) < 4.78 is 15.9. The molecule has 0 atom stereocenters. The fraction of sp³-hybridized carbons (Fsp3) is 0.444. The molecule has 144 valence electrons. The second-order valence-corrected chi connectivity index (χ2v) is 6.21. The molecule has 1 aromatic carbocycles. The van der Waals surface area contributed by atoms with Gasteiger partial charge in [0.1, 0.15) is 5.69 Å². The predicted octanol–water partition coefficient (Wildman–Crippen LogP) is 1.07. The number of methoxy groups -OCH3 is 3. The van der Waals surface area contributed by atoms with Gasteiger partial charge in [0.25, 0.3) is 5.56 Å². The molecule has 1 aliphatic carbocycles. The number of hydrogen-bond acceptors (Lipinski definition) is 7. The van der Waals surface area contributed by atoms with E-state index in [9.17, 15) is 9.59 Å². The molecule has 9 heteroatoms. The Morgan fingerprint density at radius 1 is 1.15 bits per heavy atom. The minimum absolute atomic E-state index is 0.0765. The van der Waals surface area contributed by atoms with E-state index >= 15 is 0 Å². The predicted molar refractivity (Wildman–Crippen MR) is 97.2 cm³/mol. The van der Waals surface area contributed by atoms with Gasteiger partial charge in [-0.1, -0.05) is 0 Å². The molecule has 2 aromatic rings. The Morgan fingerprint density at radius 2 is 1.81 bits per heavy atom. The van der Waals surface area contributed by atoms with Crippen LogP contribution in [0.2, 0.25) is 0 Å². The van der Waals surface area contributed by atoms with Gasteiger partial charge in [0, 0.05) is 24.4 Å². The highest BCUT2D eigenvalue weighted by molar-refractivity contribution is 5.76. The summed E-state index contributed by atoms with van der Waals surface area (Å²) in [5, 5.41) is 10.9. The van der Waals surface area contributed by atoms with Crippen LogP contribution in [-0.4, -0.2) is 48.5 Å². The second-order valence-electron chi connectivity index (χ2n) is 6.21. The van der Waals surface area contributed by atoms with Crippen molar-refractivity contribution in [2.24, 2.45) is 0 Å². The summed E-state index contributed by atoms with van der Waals surface area (Å²) in [4.78, 5) is 26.8. The van der Waals surface area contributed by atoms with Crippen molar-refractivity contribution in [1.82, 2.24) is 20.5 Å². The number of nitrogens with zero attached hydrogens (tertiary/aromatic N) is 2. The lowest BCUT2D eigenvalue weighted by Crippen LogP contribution is -2.27. The van der Waals surface area contributed by atoms with Crippen LogP contribution in [0.25, 0.3) is 11.4 Å². The third kappa shape index (κ3) is 4.36. The maximum Gasteiger partial charge on any atom is 0.273 e. The van der Waals surface area contributed by atoms with Gasteiger partial charge in [-0.3, -0.25) is 9.59 Å². The van der Waals surface area contributed by atoms with Crippen molar-refractivity contribution in [3.8, 4) is 28.6 Å². The molecular formula is C18H22N4O5. The van der Waals surface area contributed by atoms with Crippen molar-refractivity contribution in [2.75, 3.05) is 21.3 Å². The molecule has 0 spiro atoms. The number of carbonyl (C=O) groups is 1. The van der Waals surface area contributed by atoms with Crippen LogP contribution in [-0.2, 0) is 11.2 Å². The Balaban J connectivity index is 1.80. The topological polar surface area (TPSA) is 115 Å². The van der Waals surface area contributed by atoms with Gasteiger partial charge < -0.3 is 24.5 Å². The lowest BCUT2D eigenvalue weighted by molar-refractivity contribution is -0.121. The van der Waals surface area contributed by atoms with Gasteiger partial charge in [0.15, 0.2) is 17.3 Å². The first-order chi connectivity index (χ1) is 13.0. The fourth-order valence-electron chi connectivity index (χ4n) is 2.63. The first kappa shape index (κ1) is 18.7. The van der Waals surface area contributed by atoms with Gasteiger partial charge in [0.05, 0.1) is 21.3 Å². The van der Waals surface area contributed by atoms with E-state index in [1.807, 2.05) is 0 Å². The first-order valence-electron chi connectivity index (χ1n) is 8.61. The van der Waals surface area contributed by atoms with Crippen molar-refractivity contribution in [3.05, 3.63) is 28.2 Å². The van der Waals surface area contributed by atoms with E-state index in [1.165, 1.54) is 21.3 Å². The molecule has 3 rings (SSSR count). The molecule has 1 saturated carbocycles. The van der Waals surface area contributed by atoms with E-state index in [2.05, 4.69) is 20.5 Å². The van der Waals surface area contributed by atoms with Gasteiger partial charge in [-0.25, -0.2) is 0 Å². The van der Waals surface area contributed by atoms with E-state index in [0.29, 0.717) is 28.9 Å². The summed E-state index contributed by atoms with van der Waals surface area (Å²) in [5.74, 6) is 1.51. The third-order valence-corrected chi connectivity index (χ3v) is 4.23. The molecule has 1 aliphatic rings. The fourth-order valence-corrected chi connectivity index (χ4v) is 2.63. The van der Waals surface area contributed by atoms with Crippen LogP contribution >= 0.6 is 0 Å². The Kier molecular flexibility index (Phi) is 5.58. The molecule has 0 aliphatic heterocycles. The zero-order chi connectivity index (χ0) is 19.4. The number of aryl methyl sites for hydroxylation is 1. The van der Waals surface area contributed by atoms with Gasteiger partial charge in [-0.2, -0.15) is 0 Å². The highest BCUT2D eigenvalue weighted by Gasteiger charge is 2.23. The molecule has 27 heavy (non-hydrogen) atoms. The lowest BCUT2D eigenvalue weighted by atomic mass is 10.1. The van der Waals surface area contributed by atoms with E-state index in [-0.39, 0.29) is 35.8 Å². The summed E-state index contributed by atoms with van der Waals surface area (Å²) in [7, 11) is 4.52. The molecule has 1 aromatic heterocycles. The van der Waals surface area contributed by atoms with E-state index < -0.39 is 0 Å². The zero-order valence-electron chi connectivity index (χ0n) is 15.5. The van der Waals surface area contributed by atoms with Crippen LogP contribution in [0.1, 0.15) is 25.0 Å². The average Bonchev–Trinajstić information content (AvgIpc) is 3.49. The standard InChI is InChI=1S/C18H22N4O5/c1-25-13-8-10(9-14(26-2)16(13)27-3)17-20-18(24)12(21-22-17)6-7-15(23)19-11-4-5-11/h8-9,11H,4-7H2,1-3H3,(H,19,23)(H,20,22,24). The third-order valence-electron chi connectivity index (χ3n) is 4.23. The van der Waals surface area contributed by atoms with Crippen molar-refractivity contribution >= 4 is 5.91 Å². The number of H-pyrrole nitrogens is 1. The van der Waals surface area contributed by atoms with Crippen molar-refractivity contribution < 1.29 is 19.0 Å². The Hall–Kier alpha value is -3.10. The number of amides is 1. The monoisotopic (exact) mass is 374 g/mol. The summed E-state index contributed by atoms with van der Waals surface area (Å²) in [5.41, 5.74) is 0.400. The smallest absolute Gasteiger partial charge is 0.273 e. The van der Waals surface area contributed by atoms with E-state index in [4.69, 9.17) is 14.2 Å². The molecule has 1 heterocycles. The molecule has 1 fully saturated rings. The minimum Gasteiger partial charge on any atom is -0.493 e. The Morgan fingerprint density at radius 3 is 2.33 bits per heavy atom. The van der Waals surface area contributed by atoms with Crippen molar-refractivity contribution in [2.45, 2.75) is 31.7 Å². The minimum atomic E-state index is -0.382. The maximum absolute atomic E-state index is 12.3. The average molecular weight is 374 g/mol. The van der Waals surface area contributed by atoms with Gasteiger partial charge >= 0.3 is 0 Å². The van der Waals surface area contributed by atoms with Crippen molar-refractivity contribution in [3.63, 3.8) is 0 Å². The number of hydrogen-bond donors (Lipinski definition) is 2. The Bertz CT molecular complexity index is 867. The number of aromatic amines is 1. The summed E-state index contributed by atoms with van der Waals surface area (Å²) >= 11 is 0. The molecule has 9 nitrogen and oxygen atoms in total.